The van der Waals surface area contributed by atoms with Crippen molar-refractivity contribution in [1.29, 1.82) is 0 Å². The van der Waals surface area contributed by atoms with Crippen molar-refractivity contribution in [3.05, 3.63) is 47.6 Å². The molecule has 0 N–H and O–H groups in total. The summed E-state index contributed by atoms with van der Waals surface area (Å²) < 4.78 is 11.0. The van der Waals surface area contributed by atoms with Crippen LogP contribution in [0.4, 0.5) is 0 Å². The van der Waals surface area contributed by atoms with Gasteiger partial charge in [-0.05, 0) is 33.3 Å². The van der Waals surface area contributed by atoms with Gasteiger partial charge in [0.1, 0.15) is 11.2 Å². The molecule has 0 spiro atoms. The maximum Gasteiger partial charge on any atom is 0.339 e. The van der Waals surface area contributed by atoms with Crippen molar-refractivity contribution >= 4 is 11.9 Å². The maximum atomic E-state index is 12.7. The molecule has 118 valence electrons. The Morgan fingerprint density at radius 2 is 1.77 bits per heavy atom. The summed E-state index contributed by atoms with van der Waals surface area (Å²) in [6.45, 7) is 7.22. The lowest BCUT2D eigenvalue weighted by atomic mass is 9.88. The molecule has 0 amide bonds. The standard InChI is InChI=1S/C18H22O4/c1-17(2,3)22-16(20)15(13-9-7-5-6-8-10-13)18(4)12-11-14(19)21-18/h5-10H,11-12H2,1-4H3/t18-/m0/s1. The van der Waals surface area contributed by atoms with Crippen molar-refractivity contribution in [1.82, 2.24) is 0 Å². The minimum atomic E-state index is -0.951. The minimum absolute atomic E-state index is 0.288. The summed E-state index contributed by atoms with van der Waals surface area (Å²) in [6, 6.07) is 0. The van der Waals surface area contributed by atoms with Crippen LogP contribution in [-0.2, 0) is 19.1 Å². The molecule has 0 unspecified atom stereocenters. The summed E-state index contributed by atoms with van der Waals surface area (Å²) >= 11 is 0. The van der Waals surface area contributed by atoms with E-state index in [1.807, 2.05) is 57.2 Å². The predicted molar refractivity (Wildman–Crippen MR) is 84.0 cm³/mol. The van der Waals surface area contributed by atoms with Crippen molar-refractivity contribution in [2.45, 2.75) is 51.7 Å². The molecular formula is C18H22O4. The van der Waals surface area contributed by atoms with E-state index in [1.54, 1.807) is 6.92 Å². The van der Waals surface area contributed by atoms with E-state index in [4.69, 9.17) is 9.47 Å². The molecule has 1 saturated heterocycles. The van der Waals surface area contributed by atoms with Gasteiger partial charge < -0.3 is 9.47 Å². The van der Waals surface area contributed by atoms with Crippen molar-refractivity contribution in [3.8, 4) is 0 Å². The molecule has 1 atom stereocenters. The predicted octanol–water partition coefficient (Wildman–Crippen LogP) is 3.40. The fourth-order valence-electron chi connectivity index (χ4n) is 2.51. The van der Waals surface area contributed by atoms with Crippen LogP contribution in [0.3, 0.4) is 0 Å². The highest BCUT2D eigenvalue weighted by atomic mass is 16.6. The average molecular weight is 302 g/mol. The van der Waals surface area contributed by atoms with Gasteiger partial charge in [0, 0.05) is 12.8 Å². The molecular weight excluding hydrogens is 280 g/mol. The van der Waals surface area contributed by atoms with Crippen LogP contribution in [0.1, 0.15) is 40.5 Å². The zero-order chi connectivity index (χ0) is 16.4. The highest BCUT2D eigenvalue weighted by molar-refractivity contribution is 5.94. The molecule has 0 saturated carbocycles. The summed E-state index contributed by atoms with van der Waals surface area (Å²) in [6.07, 6.45) is 11.9. The number of cyclic esters (lactones) is 1. The van der Waals surface area contributed by atoms with Crippen molar-refractivity contribution < 1.29 is 19.1 Å². The van der Waals surface area contributed by atoms with Gasteiger partial charge in [0.2, 0.25) is 0 Å². The summed E-state index contributed by atoms with van der Waals surface area (Å²) in [5.41, 5.74) is -0.465. The Morgan fingerprint density at radius 3 is 2.23 bits per heavy atom. The number of hydrogen-bond acceptors (Lipinski definition) is 4. The molecule has 22 heavy (non-hydrogen) atoms. The Kier molecular flexibility index (Phi) is 4.40. The largest absolute Gasteiger partial charge is 0.456 e. The first-order valence-electron chi connectivity index (χ1n) is 7.43. The third-order valence-corrected chi connectivity index (χ3v) is 3.45. The van der Waals surface area contributed by atoms with Gasteiger partial charge in [-0.2, -0.15) is 0 Å². The highest BCUT2D eigenvalue weighted by Crippen LogP contribution is 2.37. The first-order chi connectivity index (χ1) is 10.2. The average Bonchev–Trinajstić information content (AvgIpc) is 2.60. The van der Waals surface area contributed by atoms with E-state index in [1.165, 1.54) is 0 Å². The van der Waals surface area contributed by atoms with Gasteiger partial charge in [-0.25, -0.2) is 4.79 Å². The van der Waals surface area contributed by atoms with E-state index in [0.29, 0.717) is 24.0 Å². The van der Waals surface area contributed by atoms with E-state index in [-0.39, 0.29) is 5.97 Å². The first kappa shape index (κ1) is 16.3. The number of hydrogen-bond donors (Lipinski definition) is 0. The third-order valence-electron chi connectivity index (χ3n) is 3.45. The van der Waals surface area contributed by atoms with E-state index >= 15 is 0 Å². The molecule has 4 nitrogen and oxygen atoms in total. The van der Waals surface area contributed by atoms with E-state index in [9.17, 15) is 9.59 Å². The number of esters is 2. The van der Waals surface area contributed by atoms with Crippen molar-refractivity contribution in [3.63, 3.8) is 0 Å². The number of ether oxygens (including phenoxy) is 2. The van der Waals surface area contributed by atoms with Crippen LogP contribution in [-0.4, -0.2) is 23.1 Å². The lowest BCUT2D eigenvalue weighted by Crippen LogP contribution is -2.36. The van der Waals surface area contributed by atoms with Crippen LogP contribution in [0.5, 0.6) is 0 Å². The Bertz CT molecular complexity index is 581. The van der Waals surface area contributed by atoms with Crippen LogP contribution in [0.25, 0.3) is 0 Å². The maximum absolute atomic E-state index is 12.7. The Hall–Kier alpha value is -2.10. The molecule has 1 fully saturated rings. The van der Waals surface area contributed by atoms with Gasteiger partial charge >= 0.3 is 11.9 Å². The minimum Gasteiger partial charge on any atom is -0.456 e. The highest BCUT2D eigenvalue weighted by Gasteiger charge is 2.44. The zero-order valence-electron chi connectivity index (χ0n) is 13.5. The number of allylic oxidation sites excluding steroid dienone is 7. The number of carbonyl (C=O) groups is 2. The molecule has 2 rings (SSSR count). The monoisotopic (exact) mass is 302 g/mol. The molecule has 1 aliphatic heterocycles. The third kappa shape index (κ3) is 3.75. The second kappa shape index (κ2) is 5.95. The number of carbonyl (C=O) groups excluding carboxylic acids is 2. The van der Waals surface area contributed by atoms with Gasteiger partial charge in [-0.1, -0.05) is 36.5 Å². The van der Waals surface area contributed by atoms with E-state index < -0.39 is 17.2 Å². The summed E-state index contributed by atoms with van der Waals surface area (Å²) in [5.74, 6) is -0.736. The van der Waals surface area contributed by atoms with Gasteiger partial charge in [0.15, 0.2) is 0 Å². The fourth-order valence-corrected chi connectivity index (χ4v) is 2.51. The Morgan fingerprint density at radius 1 is 1.18 bits per heavy atom. The lowest BCUT2D eigenvalue weighted by Gasteiger charge is -2.29. The molecule has 0 aromatic rings. The fraction of sp³-hybridized carbons (Fsp3) is 0.444. The normalized spacial score (nSPS) is 24.2. The topological polar surface area (TPSA) is 52.6 Å². The van der Waals surface area contributed by atoms with Crippen LogP contribution < -0.4 is 0 Å². The summed E-state index contributed by atoms with van der Waals surface area (Å²) in [4.78, 5) is 24.3. The van der Waals surface area contributed by atoms with Crippen LogP contribution >= 0.6 is 0 Å². The second-order valence-electron chi connectivity index (χ2n) is 6.64. The Labute approximate surface area is 131 Å². The smallest absolute Gasteiger partial charge is 0.339 e. The summed E-state index contributed by atoms with van der Waals surface area (Å²) in [5, 5.41) is 0. The molecule has 0 aromatic heterocycles. The quantitative estimate of drug-likeness (QED) is 0.579. The van der Waals surface area contributed by atoms with Gasteiger partial charge in [0.05, 0.1) is 5.57 Å². The lowest BCUT2D eigenvalue weighted by molar-refractivity contribution is -0.155. The molecule has 1 heterocycles. The SMILES string of the molecule is CC(C)(C)OC(=O)C(=C1C=CC=CC=C1)[C@]1(C)CCC(=O)O1. The van der Waals surface area contributed by atoms with Gasteiger partial charge in [-0.15, -0.1) is 0 Å². The van der Waals surface area contributed by atoms with Crippen molar-refractivity contribution in [2.24, 2.45) is 0 Å². The molecule has 1 aliphatic carbocycles. The Balaban J connectivity index is 2.48. The molecule has 0 aromatic carbocycles. The van der Waals surface area contributed by atoms with Gasteiger partial charge in [-0.3, -0.25) is 4.79 Å². The first-order valence-corrected chi connectivity index (χ1v) is 7.43. The van der Waals surface area contributed by atoms with E-state index in [0.717, 1.165) is 0 Å². The van der Waals surface area contributed by atoms with Crippen LogP contribution in [0.15, 0.2) is 47.6 Å². The molecule has 4 heteroatoms. The van der Waals surface area contributed by atoms with Crippen LogP contribution in [0, 0.1) is 0 Å². The molecule has 2 aliphatic rings. The van der Waals surface area contributed by atoms with Crippen LogP contribution in [0.2, 0.25) is 0 Å². The van der Waals surface area contributed by atoms with Gasteiger partial charge in [0.25, 0.3) is 0 Å². The molecule has 0 bridgehead atoms. The number of rotatable bonds is 2. The van der Waals surface area contributed by atoms with E-state index in [2.05, 4.69) is 0 Å². The zero-order valence-corrected chi connectivity index (χ0v) is 13.5. The summed E-state index contributed by atoms with van der Waals surface area (Å²) in [7, 11) is 0. The molecule has 0 radical (unpaired) electrons. The second-order valence-corrected chi connectivity index (χ2v) is 6.64. The van der Waals surface area contributed by atoms with Crippen molar-refractivity contribution in [2.75, 3.05) is 0 Å².